The Morgan fingerprint density at radius 1 is 1.11 bits per heavy atom. The summed E-state index contributed by atoms with van der Waals surface area (Å²) in [6.07, 6.45) is 5.45. The maximum absolute atomic E-state index is 12.5. The highest BCUT2D eigenvalue weighted by Gasteiger charge is 2.38. The lowest BCUT2D eigenvalue weighted by molar-refractivity contribution is -0.137. The molecule has 1 heterocycles. The van der Waals surface area contributed by atoms with E-state index in [2.05, 4.69) is 0 Å². The van der Waals surface area contributed by atoms with Gasteiger partial charge in [-0.25, -0.2) is 9.59 Å². The van der Waals surface area contributed by atoms with E-state index in [1.807, 2.05) is 4.90 Å². The van der Waals surface area contributed by atoms with Crippen molar-refractivity contribution in [1.82, 2.24) is 4.90 Å². The molecule has 1 aromatic carbocycles. The first-order chi connectivity index (χ1) is 13.0. The van der Waals surface area contributed by atoms with Crippen LogP contribution in [0.4, 0.5) is 0 Å². The molecule has 0 radical (unpaired) electrons. The summed E-state index contributed by atoms with van der Waals surface area (Å²) in [6, 6.07) is 5.04. The zero-order valence-corrected chi connectivity index (χ0v) is 15.6. The first kappa shape index (κ1) is 18.8. The minimum Gasteiger partial charge on any atom is -0.504 e. The molecule has 0 amide bonds. The number of carbonyl (C=O) groups is 2. The summed E-state index contributed by atoms with van der Waals surface area (Å²) < 4.78 is 15.4. The molecule has 0 atom stereocenters. The zero-order chi connectivity index (χ0) is 19.6. The van der Waals surface area contributed by atoms with Crippen LogP contribution in [0.2, 0.25) is 0 Å². The van der Waals surface area contributed by atoms with Gasteiger partial charge in [0.05, 0.1) is 37.9 Å². The Balaban J connectivity index is 2.11. The SMILES string of the molecule is CCOc1cc(C2C(C(=O)OC)=CN(C3CC3)C=C2C(=O)OC)ccc1O. The molecule has 144 valence electrons. The molecule has 0 saturated heterocycles. The van der Waals surface area contributed by atoms with E-state index in [0.717, 1.165) is 12.8 Å². The molecule has 0 aromatic heterocycles. The van der Waals surface area contributed by atoms with Gasteiger partial charge < -0.3 is 24.2 Å². The van der Waals surface area contributed by atoms with Crippen LogP contribution in [0.5, 0.6) is 11.5 Å². The Morgan fingerprint density at radius 3 is 2.19 bits per heavy atom. The molecule has 27 heavy (non-hydrogen) atoms. The number of methoxy groups -OCH3 is 2. The molecule has 7 heteroatoms. The van der Waals surface area contributed by atoms with Gasteiger partial charge in [-0.15, -0.1) is 0 Å². The van der Waals surface area contributed by atoms with Gasteiger partial charge in [0, 0.05) is 18.4 Å². The average Bonchev–Trinajstić information content (AvgIpc) is 3.53. The summed E-state index contributed by atoms with van der Waals surface area (Å²) in [4.78, 5) is 26.9. The predicted molar refractivity (Wildman–Crippen MR) is 97.1 cm³/mol. The van der Waals surface area contributed by atoms with Crippen LogP contribution < -0.4 is 4.74 Å². The van der Waals surface area contributed by atoms with E-state index in [1.165, 1.54) is 20.3 Å². The third-order valence-corrected chi connectivity index (χ3v) is 4.63. The first-order valence-corrected chi connectivity index (χ1v) is 8.83. The second-order valence-corrected chi connectivity index (χ2v) is 6.42. The molecule has 0 unspecified atom stereocenters. The maximum atomic E-state index is 12.5. The number of hydrogen-bond donors (Lipinski definition) is 1. The lowest BCUT2D eigenvalue weighted by Gasteiger charge is -2.30. The number of aromatic hydroxyl groups is 1. The van der Waals surface area contributed by atoms with Crippen molar-refractivity contribution in [1.29, 1.82) is 0 Å². The largest absolute Gasteiger partial charge is 0.504 e. The van der Waals surface area contributed by atoms with E-state index in [9.17, 15) is 14.7 Å². The number of hydrogen-bond acceptors (Lipinski definition) is 7. The lowest BCUT2D eigenvalue weighted by atomic mass is 9.83. The Labute approximate surface area is 157 Å². The van der Waals surface area contributed by atoms with Gasteiger partial charge in [-0.3, -0.25) is 0 Å². The topological polar surface area (TPSA) is 85.3 Å². The van der Waals surface area contributed by atoms with E-state index in [1.54, 1.807) is 31.5 Å². The third kappa shape index (κ3) is 3.77. The Hall–Kier alpha value is -2.96. The van der Waals surface area contributed by atoms with Crippen molar-refractivity contribution < 1.29 is 28.9 Å². The van der Waals surface area contributed by atoms with Gasteiger partial charge in [0.15, 0.2) is 11.5 Å². The van der Waals surface area contributed by atoms with E-state index >= 15 is 0 Å². The Morgan fingerprint density at radius 2 is 1.70 bits per heavy atom. The number of phenols is 1. The number of benzene rings is 1. The van der Waals surface area contributed by atoms with Crippen LogP contribution in [0.25, 0.3) is 0 Å². The van der Waals surface area contributed by atoms with Crippen LogP contribution in [-0.2, 0) is 19.1 Å². The van der Waals surface area contributed by atoms with Crippen molar-refractivity contribution in [3.63, 3.8) is 0 Å². The highest BCUT2D eigenvalue weighted by Crippen LogP contribution is 2.42. The molecule has 1 aliphatic heterocycles. The highest BCUT2D eigenvalue weighted by atomic mass is 16.5. The minimum atomic E-state index is -0.681. The fourth-order valence-electron chi connectivity index (χ4n) is 3.18. The standard InChI is InChI=1S/C20H23NO6/c1-4-27-17-9-12(5-8-16(17)22)18-14(19(23)25-2)10-21(13-6-7-13)11-15(18)20(24)26-3/h5,8-11,13,18,22H,4,6-7H2,1-3H3. The minimum absolute atomic E-state index is 0.0109. The van der Waals surface area contributed by atoms with Gasteiger partial charge in [0.25, 0.3) is 0 Å². The van der Waals surface area contributed by atoms with Gasteiger partial charge in [-0.2, -0.15) is 0 Å². The fraction of sp³-hybridized carbons (Fsp3) is 0.400. The van der Waals surface area contributed by atoms with Crippen molar-refractivity contribution in [3.05, 3.63) is 47.3 Å². The molecule has 1 aliphatic carbocycles. The Bertz CT molecular complexity index is 775. The number of ether oxygens (including phenoxy) is 3. The lowest BCUT2D eigenvalue weighted by Crippen LogP contribution is -2.29. The number of phenolic OH excluding ortho intramolecular Hbond substituents is 1. The number of nitrogens with zero attached hydrogens (tertiary/aromatic N) is 1. The third-order valence-electron chi connectivity index (χ3n) is 4.63. The quantitative estimate of drug-likeness (QED) is 0.767. The van der Waals surface area contributed by atoms with Gasteiger partial charge in [0.2, 0.25) is 0 Å². The second-order valence-electron chi connectivity index (χ2n) is 6.42. The summed E-state index contributed by atoms with van der Waals surface area (Å²) in [5, 5.41) is 9.98. The average molecular weight is 373 g/mol. The van der Waals surface area contributed by atoms with Crippen LogP contribution in [0.15, 0.2) is 41.7 Å². The monoisotopic (exact) mass is 373 g/mol. The van der Waals surface area contributed by atoms with E-state index in [-0.39, 0.29) is 17.5 Å². The zero-order valence-electron chi connectivity index (χ0n) is 15.6. The number of rotatable bonds is 6. The van der Waals surface area contributed by atoms with Gasteiger partial charge in [-0.1, -0.05) is 6.07 Å². The summed E-state index contributed by atoms with van der Waals surface area (Å²) >= 11 is 0. The summed E-state index contributed by atoms with van der Waals surface area (Å²) in [5.41, 5.74) is 1.29. The predicted octanol–water partition coefficient (Wildman–Crippen LogP) is 2.47. The highest BCUT2D eigenvalue weighted by molar-refractivity contribution is 5.98. The maximum Gasteiger partial charge on any atom is 0.336 e. The van der Waals surface area contributed by atoms with Crippen molar-refractivity contribution in [2.45, 2.75) is 31.7 Å². The number of carbonyl (C=O) groups excluding carboxylic acids is 2. The van der Waals surface area contributed by atoms with Crippen molar-refractivity contribution in [3.8, 4) is 11.5 Å². The van der Waals surface area contributed by atoms with E-state index in [0.29, 0.717) is 23.3 Å². The van der Waals surface area contributed by atoms with Crippen LogP contribution in [-0.4, -0.2) is 48.8 Å². The van der Waals surface area contributed by atoms with E-state index < -0.39 is 17.9 Å². The molecule has 0 spiro atoms. The normalized spacial score (nSPS) is 17.1. The fourth-order valence-corrected chi connectivity index (χ4v) is 3.18. The van der Waals surface area contributed by atoms with Crippen LogP contribution in [0, 0.1) is 0 Å². The summed E-state index contributed by atoms with van der Waals surface area (Å²) in [6.45, 7) is 2.18. The number of esters is 2. The molecule has 1 saturated carbocycles. The molecule has 2 aliphatic rings. The van der Waals surface area contributed by atoms with Gasteiger partial charge in [-0.05, 0) is 37.5 Å². The van der Waals surface area contributed by atoms with E-state index in [4.69, 9.17) is 14.2 Å². The molecule has 1 fully saturated rings. The van der Waals surface area contributed by atoms with Crippen molar-refractivity contribution >= 4 is 11.9 Å². The Kier molecular flexibility index (Phi) is 5.39. The van der Waals surface area contributed by atoms with Crippen LogP contribution in [0.1, 0.15) is 31.2 Å². The second kappa shape index (κ2) is 7.73. The van der Waals surface area contributed by atoms with Crippen LogP contribution >= 0.6 is 0 Å². The smallest absolute Gasteiger partial charge is 0.336 e. The molecule has 1 N–H and O–H groups in total. The summed E-state index contributed by atoms with van der Waals surface area (Å²) in [7, 11) is 2.61. The molecule has 0 bridgehead atoms. The molecular formula is C20H23NO6. The van der Waals surface area contributed by atoms with Gasteiger partial charge in [0.1, 0.15) is 0 Å². The van der Waals surface area contributed by atoms with Gasteiger partial charge >= 0.3 is 11.9 Å². The van der Waals surface area contributed by atoms with Crippen LogP contribution in [0.3, 0.4) is 0 Å². The molecule has 1 aromatic rings. The first-order valence-electron chi connectivity index (χ1n) is 8.83. The molecule has 7 nitrogen and oxygen atoms in total. The molecular weight excluding hydrogens is 350 g/mol. The summed E-state index contributed by atoms with van der Waals surface area (Å²) in [5.74, 6) is -1.45. The van der Waals surface area contributed by atoms with Crippen molar-refractivity contribution in [2.24, 2.45) is 0 Å². The molecule has 3 rings (SSSR count). The van der Waals surface area contributed by atoms with Crippen molar-refractivity contribution in [2.75, 3.05) is 20.8 Å².